The highest BCUT2D eigenvalue weighted by Crippen LogP contribution is 2.22. The Balaban J connectivity index is 2.24. The van der Waals surface area contributed by atoms with E-state index >= 15 is 0 Å². The van der Waals surface area contributed by atoms with Gasteiger partial charge in [-0.05, 0) is 35.1 Å². The van der Waals surface area contributed by atoms with Crippen LogP contribution in [-0.2, 0) is 13.2 Å². The molecule has 0 aromatic carbocycles. The minimum absolute atomic E-state index is 0.0576. The van der Waals surface area contributed by atoms with Crippen LogP contribution in [0.1, 0.15) is 35.9 Å². The predicted octanol–water partition coefficient (Wildman–Crippen LogP) is 3.40. The molecule has 0 saturated heterocycles. The summed E-state index contributed by atoms with van der Waals surface area (Å²) in [5.41, 5.74) is 1.95. The van der Waals surface area contributed by atoms with E-state index in [1.165, 1.54) is 4.88 Å². The topological polar surface area (TPSA) is 36.4 Å². The Bertz CT molecular complexity index is 523. The first-order valence-electron chi connectivity index (χ1n) is 6.45. The Kier molecular flexibility index (Phi) is 4.56. The SMILES string of the molecule is CC(C)c1cc(CO)cc(N(C)Cc2cccs2)n1. The lowest BCUT2D eigenvalue weighted by atomic mass is 10.1. The number of aliphatic hydroxyl groups excluding tert-OH is 1. The van der Waals surface area contributed by atoms with E-state index in [-0.39, 0.29) is 6.61 Å². The van der Waals surface area contributed by atoms with Gasteiger partial charge in [-0.1, -0.05) is 19.9 Å². The third kappa shape index (κ3) is 3.55. The highest BCUT2D eigenvalue weighted by Gasteiger charge is 2.10. The zero-order valence-corrected chi connectivity index (χ0v) is 12.4. The van der Waals surface area contributed by atoms with E-state index < -0.39 is 0 Å². The molecule has 0 atom stereocenters. The molecule has 0 radical (unpaired) electrons. The number of aliphatic hydroxyl groups is 1. The van der Waals surface area contributed by atoms with Crippen LogP contribution in [0.2, 0.25) is 0 Å². The maximum atomic E-state index is 9.36. The van der Waals surface area contributed by atoms with Crippen LogP contribution in [-0.4, -0.2) is 17.1 Å². The number of anilines is 1. The molecule has 2 aromatic rings. The second-order valence-corrected chi connectivity index (χ2v) is 6.04. The number of thiophene rings is 1. The molecule has 0 aliphatic rings. The highest BCUT2D eigenvalue weighted by molar-refractivity contribution is 7.09. The first-order valence-corrected chi connectivity index (χ1v) is 7.33. The molecule has 0 aliphatic heterocycles. The van der Waals surface area contributed by atoms with Crippen LogP contribution in [0.5, 0.6) is 0 Å². The van der Waals surface area contributed by atoms with Crippen molar-refractivity contribution in [3.8, 4) is 0 Å². The molecular weight excluding hydrogens is 256 g/mol. The van der Waals surface area contributed by atoms with E-state index in [9.17, 15) is 5.11 Å². The molecule has 0 spiro atoms. The van der Waals surface area contributed by atoms with Crippen molar-refractivity contribution in [2.75, 3.05) is 11.9 Å². The molecular formula is C15H20N2OS. The third-order valence-corrected chi connectivity index (χ3v) is 3.89. The number of hydrogen-bond donors (Lipinski definition) is 1. The van der Waals surface area contributed by atoms with E-state index in [0.29, 0.717) is 5.92 Å². The van der Waals surface area contributed by atoms with Gasteiger partial charge in [0.25, 0.3) is 0 Å². The predicted molar refractivity (Wildman–Crippen MR) is 80.7 cm³/mol. The summed E-state index contributed by atoms with van der Waals surface area (Å²) in [5, 5.41) is 11.4. The van der Waals surface area contributed by atoms with Gasteiger partial charge >= 0.3 is 0 Å². The summed E-state index contributed by atoms with van der Waals surface area (Å²) in [7, 11) is 2.04. The zero-order chi connectivity index (χ0) is 13.8. The van der Waals surface area contributed by atoms with Crippen molar-refractivity contribution in [3.05, 3.63) is 45.8 Å². The Hall–Kier alpha value is -1.39. The summed E-state index contributed by atoms with van der Waals surface area (Å²) in [6, 6.07) is 8.12. The lowest BCUT2D eigenvalue weighted by Gasteiger charge is -2.20. The highest BCUT2D eigenvalue weighted by atomic mass is 32.1. The molecule has 0 saturated carbocycles. The van der Waals surface area contributed by atoms with Crippen LogP contribution in [0.3, 0.4) is 0 Å². The van der Waals surface area contributed by atoms with Gasteiger partial charge in [-0.15, -0.1) is 11.3 Å². The van der Waals surface area contributed by atoms with Crippen molar-refractivity contribution in [3.63, 3.8) is 0 Å². The van der Waals surface area contributed by atoms with Gasteiger partial charge < -0.3 is 10.0 Å². The fourth-order valence-electron chi connectivity index (χ4n) is 1.89. The lowest BCUT2D eigenvalue weighted by molar-refractivity contribution is 0.281. The van der Waals surface area contributed by atoms with E-state index in [2.05, 4.69) is 41.2 Å². The Morgan fingerprint density at radius 1 is 1.37 bits per heavy atom. The van der Waals surface area contributed by atoms with Crippen molar-refractivity contribution in [2.45, 2.75) is 32.9 Å². The summed E-state index contributed by atoms with van der Waals surface area (Å²) in [6.45, 7) is 5.14. The largest absolute Gasteiger partial charge is 0.392 e. The van der Waals surface area contributed by atoms with Crippen LogP contribution >= 0.6 is 11.3 Å². The third-order valence-electron chi connectivity index (χ3n) is 3.03. The summed E-state index contributed by atoms with van der Waals surface area (Å²) in [4.78, 5) is 8.11. The first kappa shape index (κ1) is 14.0. The summed E-state index contributed by atoms with van der Waals surface area (Å²) in [5.74, 6) is 1.28. The molecule has 0 amide bonds. The van der Waals surface area contributed by atoms with Gasteiger partial charge in [-0.3, -0.25) is 0 Å². The molecule has 2 rings (SSSR count). The normalized spacial score (nSPS) is 11.0. The minimum Gasteiger partial charge on any atom is -0.392 e. The number of aromatic nitrogens is 1. The number of nitrogens with zero attached hydrogens (tertiary/aromatic N) is 2. The second-order valence-electron chi connectivity index (χ2n) is 5.01. The van der Waals surface area contributed by atoms with Gasteiger partial charge in [0, 0.05) is 17.6 Å². The van der Waals surface area contributed by atoms with Gasteiger partial charge in [-0.2, -0.15) is 0 Å². The van der Waals surface area contributed by atoms with Crippen LogP contribution in [0.15, 0.2) is 29.6 Å². The molecule has 4 heteroatoms. The molecule has 0 fully saturated rings. The van der Waals surface area contributed by atoms with Crippen molar-refractivity contribution in [1.29, 1.82) is 0 Å². The van der Waals surface area contributed by atoms with Crippen molar-refractivity contribution in [1.82, 2.24) is 4.98 Å². The number of pyridine rings is 1. The van der Waals surface area contributed by atoms with E-state index in [1.807, 2.05) is 19.2 Å². The Labute approximate surface area is 118 Å². The molecule has 3 nitrogen and oxygen atoms in total. The average molecular weight is 276 g/mol. The molecule has 0 unspecified atom stereocenters. The molecule has 2 heterocycles. The molecule has 1 N–H and O–H groups in total. The lowest BCUT2D eigenvalue weighted by Crippen LogP contribution is -2.18. The first-order chi connectivity index (χ1) is 9.10. The Morgan fingerprint density at radius 3 is 2.74 bits per heavy atom. The van der Waals surface area contributed by atoms with Crippen molar-refractivity contribution in [2.24, 2.45) is 0 Å². The molecule has 19 heavy (non-hydrogen) atoms. The monoisotopic (exact) mass is 276 g/mol. The van der Waals surface area contributed by atoms with E-state index in [0.717, 1.165) is 23.6 Å². The molecule has 2 aromatic heterocycles. The van der Waals surface area contributed by atoms with E-state index in [4.69, 9.17) is 0 Å². The van der Waals surface area contributed by atoms with Gasteiger partial charge in [0.2, 0.25) is 0 Å². The fourth-order valence-corrected chi connectivity index (χ4v) is 2.65. The van der Waals surface area contributed by atoms with E-state index in [1.54, 1.807) is 11.3 Å². The average Bonchev–Trinajstić information content (AvgIpc) is 2.90. The maximum absolute atomic E-state index is 9.36. The van der Waals surface area contributed by atoms with Gasteiger partial charge in [-0.25, -0.2) is 4.98 Å². The van der Waals surface area contributed by atoms with Crippen LogP contribution < -0.4 is 4.90 Å². The van der Waals surface area contributed by atoms with Gasteiger partial charge in [0.05, 0.1) is 13.2 Å². The van der Waals surface area contributed by atoms with Crippen molar-refractivity contribution < 1.29 is 5.11 Å². The molecule has 102 valence electrons. The summed E-state index contributed by atoms with van der Waals surface area (Å²) >= 11 is 1.75. The van der Waals surface area contributed by atoms with Gasteiger partial charge in [0.15, 0.2) is 0 Å². The minimum atomic E-state index is 0.0576. The number of rotatable bonds is 5. The van der Waals surface area contributed by atoms with Crippen molar-refractivity contribution >= 4 is 17.2 Å². The zero-order valence-electron chi connectivity index (χ0n) is 11.6. The quantitative estimate of drug-likeness (QED) is 0.909. The second kappa shape index (κ2) is 6.17. The standard InChI is InChI=1S/C15H20N2OS/c1-11(2)14-7-12(10-18)8-15(16-14)17(3)9-13-5-4-6-19-13/h4-8,11,18H,9-10H2,1-3H3. The van der Waals surface area contributed by atoms with Crippen LogP contribution in [0.4, 0.5) is 5.82 Å². The fraction of sp³-hybridized carbons (Fsp3) is 0.400. The van der Waals surface area contributed by atoms with Crippen LogP contribution in [0, 0.1) is 0 Å². The smallest absolute Gasteiger partial charge is 0.129 e. The number of hydrogen-bond acceptors (Lipinski definition) is 4. The Morgan fingerprint density at radius 2 is 2.16 bits per heavy atom. The van der Waals surface area contributed by atoms with Crippen LogP contribution in [0.25, 0.3) is 0 Å². The molecule has 0 bridgehead atoms. The molecule has 0 aliphatic carbocycles. The van der Waals surface area contributed by atoms with Gasteiger partial charge in [0.1, 0.15) is 5.82 Å². The summed E-state index contributed by atoms with van der Waals surface area (Å²) in [6.07, 6.45) is 0. The summed E-state index contributed by atoms with van der Waals surface area (Å²) < 4.78 is 0. The maximum Gasteiger partial charge on any atom is 0.129 e.